The van der Waals surface area contributed by atoms with Crippen LogP contribution in [0.2, 0.25) is 0 Å². The van der Waals surface area contributed by atoms with Crippen LogP contribution >= 0.6 is 11.8 Å². The van der Waals surface area contributed by atoms with E-state index in [4.69, 9.17) is 0 Å². The molecule has 0 amide bonds. The van der Waals surface area contributed by atoms with Crippen molar-refractivity contribution in [1.82, 2.24) is 0 Å². The lowest BCUT2D eigenvalue weighted by Crippen LogP contribution is -2.17. The van der Waals surface area contributed by atoms with Gasteiger partial charge in [0.1, 0.15) is 5.75 Å². The third-order valence-electron chi connectivity index (χ3n) is 2.76. The van der Waals surface area contributed by atoms with Crippen molar-refractivity contribution in [3.05, 3.63) is 24.3 Å². The quantitative estimate of drug-likeness (QED) is 0.912. The number of hydrogen-bond donors (Lipinski definition) is 1. The molecule has 1 aliphatic heterocycles. The lowest BCUT2D eigenvalue weighted by molar-refractivity contribution is -0.274. The van der Waals surface area contributed by atoms with Gasteiger partial charge in [-0.15, -0.1) is 13.2 Å². The van der Waals surface area contributed by atoms with E-state index >= 15 is 0 Å². The van der Waals surface area contributed by atoms with Crippen LogP contribution in [0.3, 0.4) is 0 Å². The smallest absolute Gasteiger partial charge is 0.406 e. The Morgan fingerprint density at radius 3 is 2.45 bits per heavy atom. The number of aliphatic imine (C=N–C) groups is 1. The second kappa shape index (κ2) is 5.95. The molecule has 0 fully saturated rings. The molecule has 0 spiro atoms. The molecule has 0 aromatic heterocycles. The largest absolute Gasteiger partial charge is 0.573 e. The van der Waals surface area contributed by atoms with E-state index in [-0.39, 0.29) is 5.75 Å². The number of nitrogens with one attached hydrogen (secondary N) is 1. The molecule has 1 aliphatic rings. The maximum atomic E-state index is 12.0. The topological polar surface area (TPSA) is 33.6 Å². The van der Waals surface area contributed by atoms with Crippen LogP contribution in [-0.2, 0) is 0 Å². The fraction of sp³-hybridized carbons (Fsp3) is 0.462. The zero-order valence-electron chi connectivity index (χ0n) is 11.1. The summed E-state index contributed by atoms with van der Waals surface area (Å²) in [7, 11) is 0. The van der Waals surface area contributed by atoms with Gasteiger partial charge in [0.05, 0.1) is 6.54 Å². The summed E-state index contributed by atoms with van der Waals surface area (Å²) in [5.74, 6) is 0.301. The van der Waals surface area contributed by atoms with E-state index in [0.29, 0.717) is 16.9 Å². The Kier molecular flexibility index (Phi) is 4.47. The summed E-state index contributed by atoms with van der Waals surface area (Å²) in [5.41, 5.74) is 0.690. The normalized spacial score (nSPS) is 19.1. The number of alkyl halides is 3. The van der Waals surface area contributed by atoms with Gasteiger partial charge < -0.3 is 10.1 Å². The van der Waals surface area contributed by atoms with Gasteiger partial charge in [-0.1, -0.05) is 25.6 Å². The van der Waals surface area contributed by atoms with Gasteiger partial charge >= 0.3 is 6.36 Å². The van der Waals surface area contributed by atoms with Crippen LogP contribution < -0.4 is 10.1 Å². The van der Waals surface area contributed by atoms with Crippen LogP contribution in [0.1, 0.15) is 13.8 Å². The van der Waals surface area contributed by atoms with Crippen molar-refractivity contribution in [2.75, 3.05) is 11.9 Å². The monoisotopic (exact) mass is 304 g/mol. The van der Waals surface area contributed by atoms with E-state index in [1.54, 1.807) is 11.8 Å². The fourth-order valence-electron chi connectivity index (χ4n) is 1.67. The van der Waals surface area contributed by atoms with E-state index in [1.807, 2.05) is 0 Å². The molecule has 0 bridgehead atoms. The highest BCUT2D eigenvalue weighted by molar-refractivity contribution is 8.15. The molecule has 0 aliphatic carbocycles. The molecule has 1 N–H and O–H groups in total. The van der Waals surface area contributed by atoms with Crippen molar-refractivity contribution in [2.24, 2.45) is 10.9 Å². The van der Waals surface area contributed by atoms with Gasteiger partial charge in [0.25, 0.3) is 0 Å². The van der Waals surface area contributed by atoms with Gasteiger partial charge in [0, 0.05) is 10.9 Å². The molecule has 0 saturated heterocycles. The van der Waals surface area contributed by atoms with E-state index in [1.165, 1.54) is 24.3 Å². The van der Waals surface area contributed by atoms with Crippen LogP contribution in [0.25, 0.3) is 0 Å². The number of halogens is 3. The van der Waals surface area contributed by atoms with Gasteiger partial charge in [-0.25, -0.2) is 0 Å². The summed E-state index contributed by atoms with van der Waals surface area (Å²) in [6, 6.07) is 5.62. The van der Waals surface area contributed by atoms with Crippen molar-refractivity contribution in [1.29, 1.82) is 0 Å². The third-order valence-corrected chi connectivity index (χ3v) is 4.21. The zero-order valence-corrected chi connectivity index (χ0v) is 11.9. The summed E-state index contributed by atoms with van der Waals surface area (Å²) >= 11 is 1.66. The van der Waals surface area contributed by atoms with Gasteiger partial charge in [-0.05, 0) is 30.2 Å². The van der Waals surface area contributed by atoms with Gasteiger partial charge in [-0.2, -0.15) is 0 Å². The zero-order chi connectivity index (χ0) is 14.8. The first-order valence-corrected chi connectivity index (χ1v) is 7.05. The second-order valence-corrected chi connectivity index (χ2v) is 5.97. The number of amidine groups is 1. The number of thioether (sulfide) groups is 1. The first-order valence-electron chi connectivity index (χ1n) is 6.17. The van der Waals surface area contributed by atoms with Crippen LogP contribution in [0.4, 0.5) is 18.9 Å². The molecule has 2 rings (SSSR count). The summed E-state index contributed by atoms with van der Waals surface area (Å²) < 4.78 is 39.9. The molecule has 7 heteroatoms. The molecular formula is C13H15F3N2OS. The van der Waals surface area contributed by atoms with Crippen molar-refractivity contribution in [2.45, 2.75) is 25.5 Å². The molecule has 0 saturated carbocycles. The minimum Gasteiger partial charge on any atom is -0.406 e. The van der Waals surface area contributed by atoms with Crippen LogP contribution in [-0.4, -0.2) is 23.3 Å². The van der Waals surface area contributed by atoms with E-state index < -0.39 is 6.36 Å². The lowest BCUT2D eigenvalue weighted by atomic mass is 10.1. The summed E-state index contributed by atoms with van der Waals surface area (Å²) in [5, 5.41) is 4.34. The molecule has 1 unspecified atom stereocenters. The Morgan fingerprint density at radius 2 is 1.95 bits per heavy atom. The Labute approximate surface area is 119 Å². The van der Waals surface area contributed by atoms with Crippen LogP contribution in [0.15, 0.2) is 29.3 Å². The Bertz CT molecular complexity index is 485. The predicted octanol–water partition coefficient (Wildman–Crippen LogP) is 4.12. The Hall–Kier alpha value is -1.37. The SMILES string of the molecule is CC(C)C1CN=C(Nc2ccc(OC(F)(F)F)cc2)S1. The average molecular weight is 304 g/mol. The second-order valence-electron chi connectivity index (χ2n) is 4.74. The minimum atomic E-state index is -4.66. The molecule has 3 nitrogen and oxygen atoms in total. The van der Waals surface area contributed by atoms with Crippen molar-refractivity contribution >= 4 is 22.6 Å². The molecule has 20 heavy (non-hydrogen) atoms. The van der Waals surface area contributed by atoms with Crippen LogP contribution in [0.5, 0.6) is 5.75 Å². The number of rotatable bonds is 3. The summed E-state index contributed by atoms with van der Waals surface area (Å²) in [6.07, 6.45) is -4.66. The highest BCUT2D eigenvalue weighted by atomic mass is 32.2. The number of benzene rings is 1. The molecular weight excluding hydrogens is 289 g/mol. The minimum absolute atomic E-state index is 0.232. The standard InChI is InChI=1S/C13H15F3N2OS/c1-8(2)11-7-17-12(20-11)18-9-3-5-10(6-4-9)19-13(14,15)16/h3-6,8,11H,7H2,1-2H3,(H,17,18). The number of hydrogen-bond acceptors (Lipinski definition) is 4. The van der Waals surface area contributed by atoms with Crippen molar-refractivity contribution < 1.29 is 17.9 Å². The Balaban J connectivity index is 1.92. The summed E-state index contributed by atoms with van der Waals surface area (Å²) in [4.78, 5) is 4.37. The van der Waals surface area contributed by atoms with E-state index in [2.05, 4.69) is 28.9 Å². The average Bonchev–Trinajstić information content (AvgIpc) is 2.78. The maximum absolute atomic E-state index is 12.0. The lowest BCUT2D eigenvalue weighted by Gasteiger charge is -2.12. The Morgan fingerprint density at radius 1 is 1.30 bits per heavy atom. The maximum Gasteiger partial charge on any atom is 0.573 e. The number of nitrogens with zero attached hydrogens (tertiary/aromatic N) is 1. The van der Waals surface area contributed by atoms with Gasteiger partial charge in [0.2, 0.25) is 0 Å². The number of anilines is 1. The fourth-order valence-corrected chi connectivity index (χ4v) is 2.70. The molecule has 110 valence electrons. The predicted molar refractivity (Wildman–Crippen MR) is 75.3 cm³/mol. The van der Waals surface area contributed by atoms with Gasteiger partial charge in [-0.3, -0.25) is 4.99 Å². The first-order chi connectivity index (χ1) is 9.33. The van der Waals surface area contributed by atoms with Crippen molar-refractivity contribution in [3.63, 3.8) is 0 Å². The molecule has 1 atom stereocenters. The van der Waals surface area contributed by atoms with Crippen molar-refractivity contribution in [3.8, 4) is 5.75 Å². The van der Waals surface area contributed by atoms with Gasteiger partial charge in [0.15, 0.2) is 5.17 Å². The molecule has 0 radical (unpaired) electrons. The highest BCUT2D eigenvalue weighted by Crippen LogP contribution is 2.29. The van der Waals surface area contributed by atoms with E-state index in [0.717, 1.165) is 11.7 Å². The molecule has 1 aromatic rings. The van der Waals surface area contributed by atoms with Crippen LogP contribution in [0, 0.1) is 5.92 Å². The molecule has 1 heterocycles. The third kappa shape index (κ3) is 4.33. The number of ether oxygens (including phenoxy) is 1. The highest BCUT2D eigenvalue weighted by Gasteiger charge is 2.31. The molecule has 1 aromatic carbocycles. The van der Waals surface area contributed by atoms with E-state index in [9.17, 15) is 13.2 Å². The summed E-state index contributed by atoms with van der Waals surface area (Å²) in [6.45, 7) is 5.04. The first kappa shape index (κ1) is 15.0.